The largest absolute Gasteiger partial charge is 0.481 e. The summed E-state index contributed by atoms with van der Waals surface area (Å²) in [5.74, 6) is -1.88. The van der Waals surface area contributed by atoms with E-state index in [-0.39, 0.29) is 30.4 Å². The van der Waals surface area contributed by atoms with Crippen molar-refractivity contribution in [2.24, 2.45) is 0 Å². The minimum absolute atomic E-state index is 0.0175. The lowest BCUT2D eigenvalue weighted by atomic mass is 10.1. The fourth-order valence-electron chi connectivity index (χ4n) is 4.86. The molecule has 12 heteroatoms. The number of fused-ring (bicyclic) bond motifs is 1. The lowest BCUT2D eigenvalue weighted by Crippen LogP contribution is -2.56. The van der Waals surface area contributed by atoms with Gasteiger partial charge in [0, 0.05) is 44.2 Å². The Morgan fingerprint density at radius 3 is 2.42 bits per heavy atom. The summed E-state index contributed by atoms with van der Waals surface area (Å²) in [5.41, 5.74) is 2.32. The number of aliphatic carboxylic acids is 1. The van der Waals surface area contributed by atoms with Crippen molar-refractivity contribution in [2.75, 3.05) is 46.0 Å². The molecule has 1 fully saturated rings. The minimum atomic E-state index is -1.16. The Hall–Kier alpha value is -4.71. The van der Waals surface area contributed by atoms with E-state index >= 15 is 0 Å². The van der Waals surface area contributed by atoms with Crippen LogP contribution in [0.2, 0.25) is 0 Å². The highest BCUT2D eigenvalue weighted by molar-refractivity contribution is 5.99. The molecule has 1 atom stereocenters. The number of nitrogens with zero attached hydrogens (tertiary/aromatic N) is 3. The van der Waals surface area contributed by atoms with E-state index in [0.717, 1.165) is 24.0 Å². The highest BCUT2D eigenvalue weighted by Crippen LogP contribution is 2.27. The van der Waals surface area contributed by atoms with Crippen LogP contribution >= 0.6 is 0 Å². The maximum Gasteiger partial charge on any atom is 0.409 e. The molecule has 2 heterocycles. The normalized spacial score (nSPS) is 13.7. The van der Waals surface area contributed by atoms with Crippen molar-refractivity contribution in [2.45, 2.75) is 45.8 Å². The van der Waals surface area contributed by atoms with Gasteiger partial charge in [-0.1, -0.05) is 49.7 Å². The van der Waals surface area contributed by atoms with Gasteiger partial charge in [0.05, 0.1) is 18.7 Å². The molecule has 0 bridgehead atoms. The standard InChI is InChI=1S/C33H40N4O8/c1-3-4-17-44-33(42)37-15-13-36(14-16-37)32(41)26(12-18-43-21-24-8-6-5-7-9-24)35-31(40)28-20-29(45-22-30(38)39)25-11-10-23(2)19-27(25)34-28/h5-11,19-20,26H,3-4,12-18,21-22H2,1-2H3,(H,35,40)(H,38,39). The van der Waals surface area contributed by atoms with Gasteiger partial charge in [-0.25, -0.2) is 14.6 Å². The van der Waals surface area contributed by atoms with Gasteiger partial charge < -0.3 is 34.4 Å². The van der Waals surface area contributed by atoms with E-state index < -0.39 is 30.6 Å². The number of carbonyl (C=O) groups is 4. The highest BCUT2D eigenvalue weighted by Gasteiger charge is 2.31. The molecule has 1 aliphatic heterocycles. The number of aryl methyl sites for hydroxylation is 1. The van der Waals surface area contributed by atoms with E-state index in [2.05, 4.69) is 10.3 Å². The SMILES string of the molecule is CCCCOC(=O)N1CCN(C(=O)C(CCOCc2ccccc2)NC(=O)c2cc(OCC(=O)O)c3ccc(C)cc3n2)CC1. The molecule has 3 amide bonds. The van der Waals surface area contributed by atoms with E-state index in [9.17, 15) is 19.2 Å². The second kappa shape index (κ2) is 16.4. The maximum absolute atomic E-state index is 13.7. The van der Waals surface area contributed by atoms with Crippen molar-refractivity contribution in [3.05, 3.63) is 71.4 Å². The summed E-state index contributed by atoms with van der Waals surface area (Å²) in [6.07, 6.45) is 1.51. The molecular formula is C33H40N4O8. The molecule has 1 aliphatic rings. The Kier molecular flexibility index (Phi) is 12.1. The summed E-state index contributed by atoms with van der Waals surface area (Å²) < 4.78 is 16.6. The van der Waals surface area contributed by atoms with Gasteiger partial charge in [0.1, 0.15) is 17.5 Å². The number of unbranched alkanes of at least 4 members (excludes halogenated alkanes) is 1. The maximum atomic E-state index is 13.7. The van der Waals surface area contributed by atoms with E-state index in [1.165, 1.54) is 6.07 Å². The molecule has 0 spiro atoms. The van der Waals surface area contributed by atoms with E-state index in [1.807, 2.05) is 50.2 Å². The molecule has 12 nitrogen and oxygen atoms in total. The third-order valence-electron chi connectivity index (χ3n) is 7.35. The molecule has 1 saturated heterocycles. The van der Waals surface area contributed by atoms with Gasteiger partial charge in [-0.3, -0.25) is 9.59 Å². The number of carbonyl (C=O) groups excluding carboxylic acids is 3. The third-order valence-corrected chi connectivity index (χ3v) is 7.35. The van der Waals surface area contributed by atoms with Crippen molar-refractivity contribution in [1.82, 2.24) is 20.1 Å². The van der Waals surface area contributed by atoms with Crippen LogP contribution < -0.4 is 10.1 Å². The first-order chi connectivity index (χ1) is 21.7. The lowest BCUT2D eigenvalue weighted by molar-refractivity contribution is -0.139. The van der Waals surface area contributed by atoms with Crippen LogP contribution in [-0.2, 0) is 25.7 Å². The average molecular weight is 621 g/mol. The summed E-state index contributed by atoms with van der Waals surface area (Å²) in [7, 11) is 0. The van der Waals surface area contributed by atoms with Gasteiger partial charge in [0.2, 0.25) is 5.91 Å². The zero-order chi connectivity index (χ0) is 32.2. The quantitative estimate of drug-likeness (QED) is 0.257. The summed E-state index contributed by atoms with van der Waals surface area (Å²) in [6.45, 7) is 5.43. The van der Waals surface area contributed by atoms with Gasteiger partial charge in [0.15, 0.2) is 6.61 Å². The van der Waals surface area contributed by atoms with Gasteiger partial charge >= 0.3 is 12.1 Å². The van der Waals surface area contributed by atoms with E-state index in [4.69, 9.17) is 19.3 Å². The van der Waals surface area contributed by atoms with Crippen molar-refractivity contribution in [3.63, 3.8) is 0 Å². The topological polar surface area (TPSA) is 148 Å². The molecule has 0 aliphatic carbocycles. The minimum Gasteiger partial charge on any atom is -0.481 e. The van der Waals surface area contributed by atoms with E-state index in [0.29, 0.717) is 50.3 Å². The number of pyridine rings is 1. The molecule has 3 aromatic rings. The highest BCUT2D eigenvalue weighted by atomic mass is 16.6. The fraction of sp³-hybridized carbons (Fsp3) is 0.424. The molecule has 1 aromatic heterocycles. The number of rotatable bonds is 14. The molecule has 0 radical (unpaired) electrons. The smallest absolute Gasteiger partial charge is 0.409 e. The molecule has 240 valence electrons. The number of carboxylic acids is 1. The van der Waals surface area contributed by atoms with Crippen molar-refractivity contribution in [1.29, 1.82) is 0 Å². The van der Waals surface area contributed by atoms with Crippen LogP contribution in [-0.4, -0.2) is 95.8 Å². The first-order valence-corrected chi connectivity index (χ1v) is 15.1. The van der Waals surface area contributed by atoms with Gasteiger partial charge in [0.25, 0.3) is 5.91 Å². The first kappa shape index (κ1) is 33.2. The molecule has 4 rings (SSSR count). The Bertz CT molecular complexity index is 1470. The van der Waals surface area contributed by atoms with Crippen LogP contribution in [0.25, 0.3) is 10.9 Å². The van der Waals surface area contributed by atoms with Gasteiger partial charge in [-0.15, -0.1) is 0 Å². The van der Waals surface area contributed by atoms with E-state index in [1.54, 1.807) is 21.9 Å². The second-order valence-electron chi connectivity index (χ2n) is 10.8. The summed E-state index contributed by atoms with van der Waals surface area (Å²) >= 11 is 0. The predicted octanol–water partition coefficient (Wildman–Crippen LogP) is 3.79. The number of piperazine rings is 1. The first-order valence-electron chi connectivity index (χ1n) is 15.1. The van der Waals surface area contributed by atoms with Crippen molar-refractivity contribution in [3.8, 4) is 5.75 Å². The zero-order valence-corrected chi connectivity index (χ0v) is 25.7. The van der Waals surface area contributed by atoms with Crippen LogP contribution in [0, 0.1) is 6.92 Å². The number of nitrogens with one attached hydrogen (secondary N) is 1. The second-order valence-corrected chi connectivity index (χ2v) is 10.8. The molecule has 1 unspecified atom stereocenters. The van der Waals surface area contributed by atoms with Crippen LogP contribution in [0.1, 0.15) is 47.8 Å². The molecule has 2 N–H and O–H groups in total. The van der Waals surface area contributed by atoms with Crippen LogP contribution in [0.3, 0.4) is 0 Å². The Labute approximate surface area is 262 Å². The summed E-state index contributed by atoms with van der Waals surface area (Å²) in [5, 5.41) is 12.5. The zero-order valence-electron chi connectivity index (χ0n) is 25.7. The summed E-state index contributed by atoms with van der Waals surface area (Å²) in [4.78, 5) is 58.5. The molecule has 45 heavy (non-hydrogen) atoms. The predicted molar refractivity (Wildman–Crippen MR) is 166 cm³/mol. The number of hydrogen-bond acceptors (Lipinski definition) is 8. The van der Waals surface area contributed by atoms with Crippen LogP contribution in [0.5, 0.6) is 5.75 Å². The number of hydrogen-bond donors (Lipinski definition) is 2. The lowest BCUT2D eigenvalue weighted by Gasteiger charge is -2.36. The Morgan fingerprint density at radius 1 is 0.978 bits per heavy atom. The number of carboxylic acid groups (broad SMARTS) is 1. The van der Waals surface area contributed by atoms with Crippen molar-refractivity contribution >= 4 is 34.8 Å². The molecular weight excluding hydrogens is 580 g/mol. The van der Waals surface area contributed by atoms with Crippen LogP contribution in [0.15, 0.2) is 54.6 Å². The molecule has 2 aromatic carbocycles. The fourth-order valence-corrected chi connectivity index (χ4v) is 4.86. The number of ether oxygens (including phenoxy) is 3. The number of aromatic nitrogens is 1. The van der Waals surface area contributed by atoms with Crippen LogP contribution in [0.4, 0.5) is 4.79 Å². The van der Waals surface area contributed by atoms with Gasteiger partial charge in [-0.2, -0.15) is 0 Å². The Balaban J connectivity index is 1.48. The number of amides is 3. The number of benzene rings is 2. The summed E-state index contributed by atoms with van der Waals surface area (Å²) in [6, 6.07) is 15.4. The third kappa shape index (κ3) is 9.64. The average Bonchev–Trinajstić information content (AvgIpc) is 3.04. The Morgan fingerprint density at radius 2 is 1.71 bits per heavy atom. The van der Waals surface area contributed by atoms with Crippen molar-refractivity contribution < 1.29 is 38.5 Å². The monoisotopic (exact) mass is 620 g/mol. The van der Waals surface area contributed by atoms with Gasteiger partial charge in [-0.05, 0) is 43.0 Å². The molecule has 0 saturated carbocycles.